The van der Waals surface area contributed by atoms with Crippen LogP contribution in [-0.2, 0) is 24.8 Å². The fourth-order valence-electron chi connectivity index (χ4n) is 5.65. The fourth-order valence-corrected chi connectivity index (χ4v) is 7.82. The molecule has 1 aromatic carbocycles. The third-order valence-corrected chi connectivity index (χ3v) is 11.3. The minimum absolute atomic E-state index is 0.00896. The van der Waals surface area contributed by atoms with Crippen LogP contribution < -0.4 is 24.4 Å². The van der Waals surface area contributed by atoms with E-state index in [1.165, 1.54) is 29.7 Å². The van der Waals surface area contributed by atoms with Crippen LogP contribution in [0.1, 0.15) is 26.2 Å². The summed E-state index contributed by atoms with van der Waals surface area (Å²) in [6, 6.07) is 7.72. The van der Waals surface area contributed by atoms with Gasteiger partial charge in [0.2, 0.25) is 25.9 Å². The van der Waals surface area contributed by atoms with Crippen molar-refractivity contribution >= 4 is 25.7 Å². The summed E-state index contributed by atoms with van der Waals surface area (Å²) in [5.74, 6) is 0.785. The topological polar surface area (TPSA) is 160 Å². The van der Waals surface area contributed by atoms with Gasteiger partial charge in [-0.2, -0.15) is 4.31 Å². The molecule has 5 rings (SSSR count). The monoisotopic (exact) mass is 625 g/mol. The molecule has 1 spiro atoms. The van der Waals surface area contributed by atoms with Gasteiger partial charge in [0.15, 0.2) is 0 Å². The van der Waals surface area contributed by atoms with Crippen molar-refractivity contribution in [3.8, 4) is 11.6 Å². The Balaban J connectivity index is 1.09. The van der Waals surface area contributed by atoms with E-state index in [4.69, 9.17) is 14.2 Å². The Hall–Kier alpha value is -2.53. The van der Waals surface area contributed by atoms with Gasteiger partial charge in [-0.05, 0) is 51.4 Å². The van der Waals surface area contributed by atoms with E-state index in [2.05, 4.69) is 15.0 Å². The first-order chi connectivity index (χ1) is 19.9. The van der Waals surface area contributed by atoms with Crippen molar-refractivity contribution in [1.29, 1.82) is 0 Å². The van der Waals surface area contributed by atoms with Gasteiger partial charge in [0.25, 0.3) is 0 Å². The van der Waals surface area contributed by atoms with E-state index < -0.39 is 31.8 Å². The van der Waals surface area contributed by atoms with Crippen LogP contribution in [0.25, 0.3) is 0 Å². The number of hydrogen-bond acceptors (Lipinski definition) is 11. The number of likely N-dealkylation sites (N-methyl/N-ethyl adjacent to an activating group) is 1. The van der Waals surface area contributed by atoms with Crippen molar-refractivity contribution in [1.82, 2.24) is 19.3 Å². The molecule has 0 bridgehead atoms. The molecule has 0 aliphatic carbocycles. The normalized spacial score (nSPS) is 23.4. The van der Waals surface area contributed by atoms with Gasteiger partial charge in [0, 0.05) is 38.8 Å². The summed E-state index contributed by atoms with van der Waals surface area (Å²) in [7, 11) is -4.08. The van der Waals surface area contributed by atoms with Crippen LogP contribution >= 0.6 is 0 Å². The average Bonchev–Trinajstić information content (AvgIpc) is 3.37. The first-order valence-corrected chi connectivity index (χ1v) is 16.9. The van der Waals surface area contributed by atoms with Crippen molar-refractivity contribution in [3.63, 3.8) is 0 Å². The molecule has 0 amide bonds. The smallest absolute Gasteiger partial charge is 0.244 e. The number of aromatic nitrogens is 1. The molecule has 1 aromatic heterocycles. The summed E-state index contributed by atoms with van der Waals surface area (Å²) in [6.45, 7) is 3.99. The highest BCUT2D eigenvalue weighted by Crippen LogP contribution is 2.38. The van der Waals surface area contributed by atoms with E-state index in [9.17, 15) is 21.9 Å². The lowest BCUT2D eigenvalue weighted by Gasteiger charge is -2.38. The van der Waals surface area contributed by atoms with Gasteiger partial charge in [-0.15, -0.1) is 0 Å². The summed E-state index contributed by atoms with van der Waals surface area (Å²) in [5, 5.41) is 13.8. The predicted molar refractivity (Wildman–Crippen MR) is 155 cm³/mol. The number of nitrogens with one attached hydrogen (secondary N) is 2. The third kappa shape index (κ3) is 6.67. The maximum Gasteiger partial charge on any atom is 0.244 e. The average molecular weight is 626 g/mol. The Kier molecular flexibility index (Phi) is 9.00. The van der Waals surface area contributed by atoms with Crippen molar-refractivity contribution in [2.24, 2.45) is 0 Å². The van der Waals surface area contributed by atoms with Gasteiger partial charge in [0.05, 0.1) is 29.8 Å². The van der Waals surface area contributed by atoms with Gasteiger partial charge in [0.1, 0.15) is 35.1 Å². The van der Waals surface area contributed by atoms with E-state index in [1.54, 1.807) is 18.2 Å². The second-order valence-corrected chi connectivity index (χ2v) is 15.0. The van der Waals surface area contributed by atoms with Gasteiger partial charge < -0.3 is 29.5 Å². The molecule has 3 unspecified atom stereocenters. The van der Waals surface area contributed by atoms with Crippen molar-refractivity contribution in [2.75, 3.05) is 58.4 Å². The summed E-state index contributed by atoms with van der Waals surface area (Å²) < 4.78 is 72.1. The quantitative estimate of drug-likeness (QED) is 0.338. The van der Waals surface area contributed by atoms with Crippen LogP contribution in [0.15, 0.2) is 46.3 Å². The number of fused-ring (bicyclic) bond motifs is 1. The Morgan fingerprint density at radius 2 is 1.95 bits per heavy atom. The Morgan fingerprint density at radius 1 is 1.19 bits per heavy atom. The van der Waals surface area contributed by atoms with E-state index >= 15 is 0 Å². The molecule has 0 saturated carbocycles. The van der Waals surface area contributed by atoms with Gasteiger partial charge >= 0.3 is 0 Å². The van der Waals surface area contributed by atoms with E-state index in [-0.39, 0.29) is 35.1 Å². The van der Waals surface area contributed by atoms with Crippen molar-refractivity contribution in [3.05, 3.63) is 36.5 Å². The number of hydrogen-bond donors (Lipinski definition) is 3. The SMILES string of the molecule is CNS(=O)(=O)c1cccc(OCC(O)CNC2COC3(CCN(S(=O)(=O)c4cnc5c(c4)N(C)CC(C)O5)CC3)C2)c1. The molecule has 3 N–H and O–H groups in total. The number of nitrogens with zero attached hydrogens (tertiary/aromatic N) is 3. The molecule has 2 saturated heterocycles. The number of piperidine rings is 1. The highest BCUT2D eigenvalue weighted by atomic mass is 32.2. The predicted octanol–water partition coefficient (Wildman–Crippen LogP) is 0.549. The zero-order valence-corrected chi connectivity index (χ0v) is 25.7. The van der Waals surface area contributed by atoms with Crippen LogP contribution in [0.3, 0.4) is 0 Å². The zero-order valence-electron chi connectivity index (χ0n) is 24.0. The highest BCUT2D eigenvalue weighted by Gasteiger charge is 2.45. The third-order valence-electron chi connectivity index (χ3n) is 8.01. The largest absolute Gasteiger partial charge is 0.491 e. The minimum Gasteiger partial charge on any atom is -0.491 e. The lowest BCUT2D eigenvalue weighted by Crippen LogP contribution is -2.47. The van der Waals surface area contributed by atoms with Crippen LogP contribution in [-0.4, -0.2) is 109 Å². The number of benzene rings is 1. The fraction of sp³-hybridized carbons (Fsp3) is 0.593. The van der Waals surface area contributed by atoms with E-state index in [0.717, 1.165) is 0 Å². The summed E-state index contributed by atoms with van der Waals surface area (Å²) in [6.07, 6.45) is 2.37. The Labute approximate surface area is 247 Å². The first kappa shape index (κ1) is 30.9. The van der Waals surface area contributed by atoms with Crippen LogP contribution in [0, 0.1) is 0 Å². The molecule has 42 heavy (non-hydrogen) atoms. The number of aliphatic hydroxyl groups excluding tert-OH is 1. The number of sulfonamides is 2. The van der Waals surface area contributed by atoms with E-state index in [0.29, 0.717) is 62.8 Å². The summed E-state index contributed by atoms with van der Waals surface area (Å²) >= 11 is 0. The number of rotatable bonds is 10. The van der Waals surface area contributed by atoms with E-state index in [1.807, 2.05) is 18.9 Å². The molecule has 15 heteroatoms. The zero-order chi connectivity index (χ0) is 30.1. The van der Waals surface area contributed by atoms with Crippen LogP contribution in [0.4, 0.5) is 5.69 Å². The molecule has 3 aliphatic rings. The molecule has 3 atom stereocenters. The lowest BCUT2D eigenvalue weighted by atomic mass is 9.88. The molecule has 13 nitrogen and oxygen atoms in total. The second-order valence-electron chi connectivity index (χ2n) is 11.2. The number of ether oxygens (including phenoxy) is 3. The van der Waals surface area contributed by atoms with Gasteiger partial charge in [-0.1, -0.05) is 6.07 Å². The molecule has 2 fully saturated rings. The molecule has 232 valence electrons. The highest BCUT2D eigenvalue weighted by molar-refractivity contribution is 7.89. The summed E-state index contributed by atoms with van der Waals surface area (Å²) in [5.41, 5.74) is 0.251. The second kappa shape index (κ2) is 12.2. The Bertz CT molecular complexity index is 1480. The lowest BCUT2D eigenvalue weighted by molar-refractivity contribution is -0.0312. The Morgan fingerprint density at radius 3 is 2.69 bits per heavy atom. The number of pyridine rings is 1. The minimum atomic E-state index is -3.72. The standard InChI is InChI=1S/C27H39N5O8S2/c1-19-16-31(3)25-12-24(15-30-26(25)40-19)42(36,37)32-9-7-27(8-10-32)13-20(17-39-27)29-14-21(33)18-38-22-5-4-6-23(11-22)41(34,35)28-2/h4-6,11-12,15,19-21,28-29,33H,7-10,13-14,16-18H2,1-3H3. The first-order valence-electron chi connectivity index (χ1n) is 14.0. The number of aliphatic hydroxyl groups is 1. The molecule has 0 radical (unpaired) electrons. The number of anilines is 1. The van der Waals surface area contributed by atoms with Crippen molar-refractivity contribution < 1.29 is 36.2 Å². The van der Waals surface area contributed by atoms with Crippen molar-refractivity contribution in [2.45, 2.75) is 59.8 Å². The van der Waals surface area contributed by atoms with Gasteiger partial charge in [-0.25, -0.2) is 26.5 Å². The van der Waals surface area contributed by atoms with Gasteiger partial charge in [-0.3, -0.25) is 0 Å². The van der Waals surface area contributed by atoms with Crippen LogP contribution in [0.2, 0.25) is 0 Å². The molecular weight excluding hydrogens is 586 g/mol. The maximum absolute atomic E-state index is 13.4. The molecule has 3 aliphatic heterocycles. The maximum atomic E-state index is 13.4. The molecule has 2 aromatic rings. The molecule has 4 heterocycles. The molecular formula is C27H39N5O8S2. The van der Waals surface area contributed by atoms with Crippen LogP contribution in [0.5, 0.6) is 11.6 Å². The summed E-state index contributed by atoms with van der Waals surface area (Å²) in [4.78, 5) is 6.48.